The van der Waals surface area contributed by atoms with Gasteiger partial charge in [-0.3, -0.25) is 4.98 Å². The van der Waals surface area contributed by atoms with E-state index >= 15 is 0 Å². The second kappa shape index (κ2) is 8.84. The summed E-state index contributed by atoms with van der Waals surface area (Å²) in [5.74, 6) is 0.158. The number of hydrogen-bond donors (Lipinski definition) is 1. The van der Waals surface area contributed by atoms with E-state index in [0.29, 0.717) is 17.0 Å². The van der Waals surface area contributed by atoms with Gasteiger partial charge in [-0.15, -0.1) is 0 Å². The van der Waals surface area contributed by atoms with Crippen LogP contribution in [-0.2, 0) is 12.4 Å². The molecule has 0 atom stereocenters. The fraction of sp³-hybridized carbons (Fsp3) is 0.261. The van der Waals surface area contributed by atoms with Crippen LogP contribution in [0, 0.1) is 0 Å². The average molecular weight is 527 g/mol. The van der Waals surface area contributed by atoms with Crippen molar-refractivity contribution in [2.75, 3.05) is 36.0 Å². The number of nitrogens with one attached hydrogen (secondary N) is 1. The van der Waals surface area contributed by atoms with E-state index in [-0.39, 0.29) is 48.1 Å². The van der Waals surface area contributed by atoms with E-state index < -0.39 is 23.5 Å². The molecule has 0 amide bonds. The number of aromatic nitrogens is 4. The normalized spacial score (nSPS) is 15.1. The predicted molar refractivity (Wildman–Crippen MR) is 123 cm³/mol. The number of H-pyrrole nitrogens is 1. The van der Waals surface area contributed by atoms with Gasteiger partial charge in [0.05, 0.1) is 27.2 Å². The van der Waals surface area contributed by atoms with Crippen molar-refractivity contribution in [1.82, 2.24) is 19.9 Å². The summed E-state index contributed by atoms with van der Waals surface area (Å²) in [5.41, 5.74) is -0.673. The first kappa shape index (κ1) is 24.2. The molecule has 1 saturated heterocycles. The topological polar surface area (TPSA) is 60.9 Å². The summed E-state index contributed by atoms with van der Waals surface area (Å²) in [6.07, 6.45) is -5.07. The molecule has 36 heavy (non-hydrogen) atoms. The molecule has 0 saturated carbocycles. The zero-order chi connectivity index (χ0) is 25.7. The number of piperazine rings is 1. The average Bonchev–Trinajstić information content (AvgIpc) is 3.27. The minimum absolute atomic E-state index is 0.0919. The van der Waals surface area contributed by atoms with Gasteiger partial charge in [0.1, 0.15) is 5.82 Å². The van der Waals surface area contributed by atoms with Gasteiger partial charge in [-0.2, -0.15) is 26.3 Å². The third kappa shape index (κ3) is 4.52. The molecule has 4 aromatic rings. The number of nitrogens with zero attached hydrogens (tertiary/aromatic N) is 5. The van der Waals surface area contributed by atoms with E-state index in [1.54, 1.807) is 4.90 Å². The van der Waals surface area contributed by atoms with Crippen molar-refractivity contribution in [2.45, 2.75) is 12.4 Å². The van der Waals surface area contributed by atoms with Crippen LogP contribution in [0.4, 0.5) is 38.1 Å². The summed E-state index contributed by atoms with van der Waals surface area (Å²) in [6.45, 7) is 0.998. The highest BCUT2D eigenvalue weighted by molar-refractivity contribution is 6.33. The first-order chi connectivity index (χ1) is 17.0. The van der Waals surface area contributed by atoms with Gasteiger partial charge in [-0.25, -0.2) is 9.97 Å². The summed E-state index contributed by atoms with van der Waals surface area (Å²) in [7, 11) is 0. The molecule has 3 aromatic heterocycles. The van der Waals surface area contributed by atoms with Gasteiger partial charge in [0.2, 0.25) is 5.95 Å². The Morgan fingerprint density at radius 3 is 2.25 bits per heavy atom. The van der Waals surface area contributed by atoms with Gasteiger partial charge in [-0.05, 0) is 30.3 Å². The molecule has 6 nitrogen and oxygen atoms in total. The molecule has 1 aliphatic rings. The standard InChI is InChI=1S/C23H17ClF6N6/c24-17-12-31-5-3-14(17)15-10-13(22(25,26)27)11-18-19(15)34-21(33-18)36-8-6-35(7-9-36)20-16(23(28,29)30)2-1-4-32-20/h1-5,10-12H,6-9H2,(H,33,34). The lowest BCUT2D eigenvalue weighted by molar-refractivity contribution is -0.138. The van der Waals surface area contributed by atoms with Gasteiger partial charge in [-0.1, -0.05) is 11.6 Å². The lowest BCUT2D eigenvalue weighted by Crippen LogP contribution is -2.47. The van der Waals surface area contributed by atoms with Crippen LogP contribution in [0.3, 0.4) is 0 Å². The molecule has 1 fully saturated rings. The minimum Gasteiger partial charge on any atom is -0.353 e. The van der Waals surface area contributed by atoms with Gasteiger partial charge in [0.25, 0.3) is 0 Å². The van der Waals surface area contributed by atoms with Gasteiger partial charge < -0.3 is 14.8 Å². The van der Waals surface area contributed by atoms with Gasteiger partial charge in [0.15, 0.2) is 0 Å². The number of alkyl halides is 6. The largest absolute Gasteiger partial charge is 0.419 e. The van der Waals surface area contributed by atoms with E-state index in [1.807, 2.05) is 0 Å². The van der Waals surface area contributed by atoms with E-state index in [9.17, 15) is 26.3 Å². The second-order valence-electron chi connectivity index (χ2n) is 8.18. The van der Waals surface area contributed by atoms with E-state index in [2.05, 4.69) is 19.9 Å². The SMILES string of the molecule is FC(F)(F)c1cc(-c2ccncc2Cl)c2[nH]c(N3CCN(c4ncccc4C(F)(F)F)CC3)nc2c1. The highest BCUT2D eigenvalue weighted by Gasteiger charge is 2.37. The number of imidazole rings is 1. The van der Waals surface area contributed by atoms with Crippen LogP contribution in [-0.4, -0.2) is 46.1 Å². The van der Waals surface area contributed by atoms with Crippen LogP contribution in [0.5, 0.6) is 0 Å². The predicted octanol–water partition coefficient (Wildman–Crippen LogP) is 6.04. The van der Waals surface area contributed by atoms with Crippen molar-refractivity contribution in [3.8, 4) is 11.1 Å². The Labute approximate surface area is 205 Å². The molecule has 0 radical (unpaired) electrons. The molecule has 0 aliphatic carbocycles. The minimum atomic E-state index is -4.61. The van der Waals surface area contributed by atoms with Crippen LogP contribution >= 0.6 is 11.6 Å². The van der Waals surface area contributed by atoms with Crippen LogP contribution in [0.25, 0.3) is 22.2 Å². The maximum absolute atomic E-state index is 13.6. The number of rotatable bonds is 3. The first-order valence-electron chi connectivity index (χ1n) is 10.8. The lowest BCUT2D eigenvalue weighted by atomic mass is 10.0. The summed E-state index contributed by atoms with van der Waals surface area (Å²) in [6, 6.07) is 5.69. The van der Waals surface area contributed by atoms with E-state index in [1.165, 1.54) is 35.6 Å². The molecular formula is C23H17ClF6N6. The summed E-state index contributed by atoms with van der Waals surface area (Å²) in [4.78, 5) is 18.6. The molecule has 13 heteroatoms. The van der Waals surface area contributed by atoms with Crippen molar-refractivity contribution in [2.24, 2.45) is 0 Å². The van der Waals surface area contributed by atoms with Crippen LogP contribution < -0.4 is 9.80 Å². The third-order valence-corrected chi connectivity index (χ3v) is 6.24. The van der Waals surface area contributed by atoms with Crippen molar-refractivity contribution in [1.29, 1.82) is 0 Å². The fourth-order valence-corrected chi connectivity index (χ4v) is 4.44. The molecule has 188 valence electrons. The monoisotopic (exact) mass is 526 g/mol. The Kier molecular flexibility index (Phi) is 5.93. The molecule has 5 rings (SSSR count). The van der Waals surface area contributed by atoms with Crippen molar-refractivity contribution in [3.63, 3.8) is 0 Å². The van der Waals surface area contributed by atoms with Crippen LogP contribution in [0.1, 0.15) is 11.1 Å². The maximum Gasteiger partial charge on any atom is 0.419 e. The molecule has 4 heterocycles. The Morgan fingerprint density at radius 1 is 0.861 bits per heavy atom. The molecular weight excluding hydrogens is 510 g/mol. The molecule has 0 bridgehead atoms. The Balaban J connectivity index is 1.47. The third-order valence-electron chi connectivity index (χ3n) is 5.94. The smallest absolute Gasteiger partial charge is 0.353 e. The molecule has 1 aliphatic heterocycles. The zero-order valence-electron chi connectivity index (χ0n) is 18.3. The number of halogens is 7. The lowest BCUT2D eigenvalue weighted by Gasteiger charge is -2.36. The maximum atomic E-state index is 13.6. The molecule has 1 N–H and O–H groups in total. The van der Waals surface area contributed by atoms with Crippen LogP contribution in [0.15, 0.2) is 48.9 Å². The highest BCUT2D eigenvalue weighted by atomic mass is 35.5. The number of benzene rings is 1. The Morgan fingerprint density at radius 2 is 1.58 bits per heavy atom. The van der Waals surface area contributed by atoms with Crippen LogP contribution in [0.2, 0.25) is 5.02 Å². The molecule has 0 spiro atoms. The zero-order valence-corrected chi connectivity index (χ0v) is 19.1. The first-order valence-corrected chi connectivity index (χ1v) is 11.1. The molecule has 0 unspecified atom stereocenters. The summed E-state index contributed by atoms with van der Waals surface area (Å²) >= 11 is 6.22. The highest BCUT2D eigenvalue weighted by Crippen LogP contribution is 2.39. The number of hydrogen-bond acceptors (Lipinski definition) is 5. The quantitative estimate of drug-likeness (QED) is 0.330. The van der Waals surface area contributed by atoms with Crippen molar-refractivity contribution in [3.05, 3.63) is 65.1 Å². The van der Waals surface area contributed by atoms with Crippen molar-refractivity contribution < 1.29 is 26.3 Å². The number of fused-ring (bicyclic) bond motifs is 1. The molecule has 1 aromatic carbocycles. The van der Waals surface area contributed by atoms with E-state index in [0.717, 1.165) is 18.2 Å². The van der Waals surface area contributed by atoms with Crippen molar-refractivity contribution >= 4 is 34.4 Å². The summed E-state index contributed by atoms with van der Waals surface area (Å²) < 4.78 is 81.0. The number of pyridine rings is 2. The second-order valence-corrected chi connectivity index (χ2v) is 8.59. The van der Waals surface area contributed by atoms with Gasteiger partial charge in [0, 0.05) is 55.9 Å². The number of anilines is 2. The van der Waals surface area contributed by atoms with Gasteiger partial charge >= 0.3 is 12.4 Å². The van der Waals surface area contributed by atoms with E-state index in [4.69, 9.17) is 11.6 Å². The fourth-order valence-electron chi connectivity index (χ4n) is 4.22. The Hall–Kier alpha value is -3.54. The summed E-state index contributed by atoms with van der Waals surface area (Å²) in [5, 5.41) is 0.179. The Bertz CT molecular complexity index is 1410. The number of aromatic amines is 1.